The van der Waals surface area contributed by atoms with Crippen LogP contribution in [-0.4, -0.2) is 31.1 Å². The minimum atomic E-state index is -0.215. The number of hydrogen-bond donors (Lipinski definition) is 0. The minimum absolute atomic E-state index is 0.0659. The maximum Gasteiger partial charge on any atom is 0.334 e. The topological polar surface area (TPSA) is 35.5 Å². The van der Waals surface area contributed by atoms with Crippen LogP contribution in [0.5, 0.6) is 0 Å². The molecule has 2 bridgehead atoms. The molecule has 0 amide bonds. The second-order valence-corrected chi connectivity index (χ2v) is 11.3. The third-order valence-corrected chi connectivity index (χ3v) is 9.99. The highest BCUT2D eigenvalue weighted by atomic mass is 127. The first-order valence-electron chi connectivity index (χ1n) is 9.18. The van der Waals surface area contributed by atoms with Crippen LogP contribution in [0, 0.1) is 5.92 Å². The number of esters is 1. The lowest BCUT2D eigenvalue weighted by atomic mass is 9.78. The average molecular weight is 570 g/mol. The van der Waals surface area contributed by atoms with E-state index in [1.165, 1.54) is 12.0 Å². The van der Waals surface area contributed by atoms with Gasteiger partial charge < -0.3 is 9.47 Å². The molecule has 0 aromatic heterocycles. The maximum absolute atomic E-state index is 12.1. The zero-order valence-electron chi connectivity index (χ0n) is 15.3. The third kappa shape index (κ3) is 3.98. The highest BCUT2D eigenvalue weighted by molar-refractivity contribution is 14.1. The van der Waals surface area contributed by atoms with Crippen molar-refractivity contribution in [3.8, 4) is 0 Å². The van der Waals surface area contributed by atoms with Gasteiger partial charge in [-0.3, -0.25) is 0 Å². The van der Waals surface area contributed by atoms with E-state index in [0.717, 1.165) is 32.1 Å². The summed E-state index contributed by atoms with van der Waals surface area (Å²) in [5, 5.41) is 0. The largest absolute Gasteiger partial charge is 0.458 e. The Hall–Kier alpha value is 0.370. The number of rotatable bonds is 0. The lowest BCUT2D eigenvalue weighted by molar-refractivity contribution is -0.169. The molecule has 25 heavy (non-hydrogen) atoms. The van der Waals surface area contributed by atoms with Crippen LogP contribution >= 0.6 is 45.2 Å². The van der Waals surface area contributed by atoms with Crippen molar-refractivity contribution in [2.75, 3.05) is 0 Å². The van der Waals surface area contributed by atoms with Crippen molar-refractivity contribution in [2.45, 2.75) is 84.5 Å². The van der Waals surface area contributed by atoms with E-state index in [0.29, 0.717) is 13.4 Å². The summed E-state index contributed by atoms with van der Waals surface area (Å²) in [5.41, 5.74) is 1.69. The molecule has 0 radical (unpaired) electrons. The van der Waals surface area contributed by atoms with Crippen LogP contribution in [0.15, 0.2) is 23.8 Å². The second-order valence-electron chi connectivity index (χ2n) is 8.31. The summed E-state index contributed by atoms with van der Waals surface area (Å²) in [4.78, 5) is 12.1. The predicted molar refractivity (Wildman–Crippen MR) is 117 cm³/mol. The summed E-state index contributed by atoms with van der Waals surface area (Å²) in [7, 11) is 0. The van der Waals surface area contributed by atoms with Gasteiger partial charge in [-0.2, -0.15) is 0 Å². The van der Waals surface area contributed by atoms with Crippen LogP contribution < -0.4 is 0 Å². The molecule has 0 unspecified atom stereocenters. The van der Waals surface area contributed by atoms with Gasteiger partial charge >= 0.3 is 5.97 Å². The molecule has 0 spiro atoms. The summed E-state index contributed by atoms with van der Waals surface area (Å²) < 4.78 is 13.3. The molecule has 6 atom stereocenters. The molecule has 140 valence electrons. The summed E-state index contributed by atoms with van der Waals surface area (Å²) in [6, 6.07) is 0. The van der Waals surface area contributed by atoms with E-state index >= 15 is 0 Å². The molecule has 5 heteroatoms. The van der Waals surface area contributed by atoms with Gasteiger partial charge in [-0.1, -0.05) is 63.4 Å². The van der Waals surface area contributed by atoms with E-state index in [2.05, 4.69) is 78.6 Å². The molecule has 3 nitrogen and oxygen atoms in total. The highest BCUT2D eigenvalue weighted by Crippen LogP contribution is 2.48. The summed E-state index contributed by atoms with van der Waals surface area (Å²) in [5.74, 6) is -0.116. The Kier molecular flexibility index (Phi) is 5.96. The van der Waals surface area contributed by atoms with E-state index in [9.17, 15) is 4.79 Å². The first-order valence-corrected chi connectivity index (χ1v) is 11.7. The van der Waals surface area contributed by atoms with Gasteiger partial charge in [-0.25, -0.2) is 4.79 Å². The molecule has 0 aromatic carbocycles. The number of hydrogen-bond acceptors (Lipinski definition) is 3. The SMILES string of the molecule is C=C1C(=O)O[C@H]2C/C(C)=C/CC[C@@]3(C)O[C@](C)(CC[C@@H]3I)[C@H](I)C[C@@H]12. The normalized spacial score (nSPS) is 47.8. The molecule has 3 aliphatic heterocycles. The molecule has 3 aliphatic rings. The van der Waals surface area contributed by atoms with Gasteiger partial charge in [0.05, 0.1) is 11.2 Å². The van der Waals surface area contributed by atoms with Crippen LogP contribution in [0.2, 0.25) is 0 Å². The van der Waals surface area contributed by atoms with Gasteiger partial charge in [0.15, 0.2) is 0 Å². The van der Waals surface area contributed by atoms with Crippen molar-refractivity contribution in [3.05, 3.63) is 23.8 Å². The molecule has 3 heterocycles. The summed E-state index contributed by atoms with van der Waals surface area (Å²) in [6.07, 6.45) is 8.25. The van der Waals surface area contributed by atoms with Crippen molar-refractivity contribution in [1.82, 2.24) is 0 Å². The van der Waals surface area contributed by atoms with E-state index in [4.69, 9.17) is 9.47 Å². The molecule has 0 aliphatic carbocycles. The zero-order valence-corrected chi connectivity index (χ0v) is 19.6. The van der Waals surface area contributed by atoms with Crippen LogP contribution in [0.25, 0.3) is 0 Å². The zero-order chi connectivity index (χ0) is 18.4. The van der Waals surface area contributed by atoms with Crippen molar-refractivity contribution < 1.29 is 14.3 Å². The van der Waals surface area contributed by atoms with Crippen molar-refractivity contribution in [1.29, 1.82) is 0 Å². The van der Waals surface area contributed by atoms with E-state index in [1.807, 2.05) is 0 Å². The van der Waals surface area contributed by atoms with Crippen LogP contribution in [0.3, 0.4) is 0 Å². The van der Waals surface area contributed by atoms with Gasteiger partial charge in [-0.15, -0.1) is 0 Å². The monoisotopic (exact) mass is 570 g/mol. The Morgan fingerprint density at radius 1 is 1.20 bits per heavy atom. The fraction of sp³-hybridized carbons (Fsp3) is 0.750. The Morgan fingerprint density at radius 3 is 2.60 bits per heavy atom. The minimum Gasteiger partial charge on any atom is -0.458 e. The standard InChI is InChI=1S/C20H28I2O3/c1-12-6-5-8-19(3)16(21)7-9-20(4,25-19)17(22)11-14-13(2)18(23)24-15(14)10-12/h6,14-17H,2,5,7-11H2,1,3-4H3/b12-6+/t14-,15-,16-,17+,19+,20+/m0/s1. The predicted octanol–water partition coefficient (Wildman–Crippen LogP) is 5.54. The maximum atomic E-state index is 12.1. The van der Waals surface area contributed by atoms with Gasteiger partial charge in [0.1, 0.15) is 6.10 Å². The number of alkyl halides is 2. The first-order chi connectivity index (χ1) is 11.6. The molecular weight excluding hydrogens is 542 g/mol. The van der Waals surface area contributed by atoms with E-state index < -0.39 is 0 Å². The Balaban J connectivity index is 1.93. The molecular formula is C20H28I2O3. The molecule has 0 aromatic rings. The lowest BCUT2D eigenvalue weighted by Crippen LogP contribution is -2.55. The average Bonchev–Trinajstić information content (AvgIpc) is 2.78. The fourth-order valence-corrected chi connectivity index (χ4v) is 6.16. The van der Waals surface area contributed by atoms with Crippen molar-refractivity contribution in [3.63, 3.8) is 0 Å². The number of carbonyl (C=O) groups is 1. The van der Waals surface area contributed by atoms with Gasteiger partial charge in [0.2, 0.25) is 0 Å². The third-order valence-electron chi connectivity index (χ3n) is 6.22. The lowest BCUT2D eigenvalue weighted by Gasteiger charge is -2.50. The van der Waals surface area contributed by atoms with Gasteiger partial charge in [-0.05, 0) is 52.9 Å². The molecule has 2 fully saturated rings. The fourth-order valence-electron chi connectivity index (χ4n) is 4.42. The van der Waals surface area contributed by atoms with Crippen molar-refractivity contribution in [2.24, 2.45) is 5.92 Å². The number of carbonyl (C=O) groups excluding carboxylic acids is 1. The Bertz CT molecular complexity index is 602. The molecule has 2 saturated heterocycles. The Morgan fingerprint density at radius 2 is 1.88 bits per heavy atom. The number of allylic oxidation sites excluding steroid dienone is 1. The smallest absolute Gasteiger partial charge is 0.334 e. The van der Waals surface area contributed by atoms with Crippen LogP contribution in [0.4, 0.5) is 0 Å². The van der Waals surface area contributed by atoms with Gasteiger partial charge in [0.25, 0.3) is 0 Å². The van der Waals surface area contributed by atoms with E-state index in [-0.39, 0.29) is 29.2 Å². The van der Waals surface area contributed by atoms with Crippen LogP contribution in [-0.2, 0) is 14.3 Å². The van der Waals surface area contributed by atoms with Gasteiger partial charge in [0, 0.05) is 25.8 Å². The van der Waals surface area contributed by atoms with E-state index in [1.54, 1.807) is 0 Å². The van der Waals surface area contributed by atoms with Crippen LogP contribution in [0.1, 0.15) is 59.3 Å². The van der Waals surface area contributed by atoms with Crippen molar-refractivity contribution >= 4 is 51.2 Å². The number of halogens is 2. The summed E-state index contributed by atoms with van der Waals surface area (Å²) in [6.45, 7) is 10.7. The number of fused-ring (bicyclic) bond motifs is 3. The second kappa shape index (κ2) is 7.41. The quantitative estimate of drug-likeness (QED) is 0.126. The number of ether oxygens (including phenoxy) is 2. The molecule has 0 saturated carbocycles. The highest BCUT2D eigenvalue weighted by Gasteiger charge is 2.50. The molecule has 0 N–H and O–H groups in total. The first kappa shape index (κ1) is 20.1. The molecule has 3 rings (SSSR count). The summed E-state index contributed by atoms with van der Waals surface area (Å²) >= 11 is 5.11. The Labute approximate surface area is 178 Å².